The number of nitriles is 1. The summed E-state index contributed by atoms with van der Waals surface area (Å²) in [6, 6.07) is 18.8. The lowest BCUT2D eigenvalue weighted by molar-refractivity contribution is 0.0950. The van der Waals surface area contributed by atoms with Crippen LogP contribution < -0.4 is 10.1 Å². The highest BCUT2D eigenvalue weighted by Gasteiger charge is 2.20. The fourth-order valence-corrected chi connectivity index (χ4v) is 3.32. The number of hydrogen-bond acceptors (Lipinski definition) is 6. The summed E-state index contributed by atoms with van der Waals surface area (Å²) in [5.41, 5.74) is 1.89. The van der Waals surface area contributed by atoms with Crippen molar-refractivity contribution in [3.05, 3.63) is 77.9 Å². The second-order valence-corrected chi connectivity index (χ2v) is 6.56. The highest BCUT2D eigenvalue weighted by molar-refractivity contribution is 6.10. The molecule has 4 aromatic rings. The third-order valence-corrected chi connectivity index (χ3v) is 4.74. The first-order chi connectivity index (χ1) is 14.7. The summed E-state index contributed by atoms with van der Waals surface area (Å²) >= 11 is 0. The predicted molar refractivity (Wildman–Crippen MR) is 111 cm³/mol. The molecule has 0 saturated carbocycles. The fraction of sp³-hybridized carbons (Fsp3) is 0.130. The zero-order valence-electron chi connectivity index (χ0n) is 16.3. The summed E-state index contributed by atoms with van der Waals surface area (Å²) in [5, 5.41) is 17.6. The zero-order valence-corrected chi connectivity index (χ0v) is 16.3. The van der Waals surface area contributed by atoms with Crippen LogP contribution in [0.25, 0.3) is 21.9 Å². The monoisotopic (exact) mass is 398 g/mol. The summed E-state index contributed by atoms with van der Waals surface area (Å²) in [7, 11) is 1.58. The molecule has 2 aromatic carbocycles. The van der Waals surface area contributed by atoms with Crippen LogP contribution in [0.5, 0.6) is 5.75 Å². The predicted octanol–water partition coefficient (Wildman–Crippen LogP) is 3.74. The molecule has 2 heterocycles. The van der Waals surface area contributed by atoms with Crippen molar-refractivity contribution in [2.45, 2.75) is 6.42 Å². The van der Waals surface area contributed by atoms with Crippen molar-refractivity contribution in [3.8, 4) is 22.9 Å². The molecule has 0 fully saturated rings. The Bertz CT molecular complexity index is 1230. The van der Waals surface area contributed by atoms with E-state index in [0.717, 1.165) is 10.9 Å². The van der Waals surface area contributed by atoms with Crippen LogP contribution in [-0.4, -0.2) is 29.7 Å². The molecule has 0 aliphatic carbocycles. The highest BCUT2D eigenvalue weighted by Crippen LogP contribution is 2.34. The molecule has 1 N–H and O–H groups in total. The standard InChI is InChI=1S/C23H18N4O3/c1-29-17-7-8-18-19(13-17)21(15-5-3-2-4-6-15)20(14-24)27-22(18)23(28)25-11-9-16-10-12-26-30-16/h2-8,10,12-13H,9,11H2,1H3,(H,25,28). The molecule has 0 spiro atoms. The molecular formula is C23H18N4O3. The summed E-state index contributed by atoms with van der Waals surface area (Å²) < 4.78 is 10.4. The minimum absolute atomic E-state index is 0.183. The first-order valence-corrected chi connectivity index (χ1v) is 9.36. The lowest BCUT2D eigenvalue weighted by Crippen LogP contribution is -2.27. The van der Waals surface area contributed by atoms with Crippen molar-refractivity contribution in [2.24, 2.45) is 0 Å². The largest absolute Gasteiger partial charge is 0.497 e. The van der Waals surface area contributed by atoms with Gasteiger partial charge in [0.1, 0.15) is 29.0 Å². The van der Waals surface area contributed by atoms with Gasteiger partial charge in [-0.05, 0) is 29.1 Å². The number of ether oxygens (including phenoxy) is 1. The normalized spacial score (nSPS) is 10.5. The number of amides is 1. The second-order valence-electron chi connectivity index (χ2n) is 6.56. The van der Waals surface area contributed by atoms with Gasteiger partial charge in [-0.25, -0.2) is 4.98 Å². The Kier molecular flexibility index (Phi) is 5.39. The highest BCUT2D eigenvalue weighted by atomic mass is 16.5. The van der Waals surface area contributed by atoms with E-state index in [0.29, 0.717) is 35.4 Å². The van der Waals surface area contributed by atoms with Crippen LogP contribution in [0.2, 0.25) is 0 Å². The van der Waals surface area contributed by atoms with Crippen molar-refractivity contribution in [1.82, 2.24) is 15.5 Å². The van der Waals surface area contributed by atoms with Crippen LogP contribution >= 0.6 is 0 Å². The average Bonchev–Trinajstić information content (AvgIpc) is 3.31. The molecule has 0 radical (unpaired) electrons. The van der Waals surface area contributed by atoms with E-state index < -0.39 is 0 Å². The summed E-state index contributed by atoms with van der Waals surface area (Å²) in [5.74, 6) is 0.947. The van der Waals surface area contributed by atoms with Crippen LogP contribution in [0.15, 0.2) is 65.3 Å². The molecule has 0 atom stereocenters. The lowest BCUT2D eigenvalue weighted by Gasteiger charge is -2.14. The molecule has 0 aliphatic rings. The number of aromatic nitrogens is 2. The van der Waals surface area contributed by atoms with E-state index in [-0.39, 0.29) is 17.3 Å². The van der Waals surface area contributed by atoms with Gasteiger partial charge < -0.3 is 14.6 Å². The number of fused-ring (bicyclic) bond motifs is 1. The van der Waals surface area contributed by atoms with Gasteiger partial charge >= 0.3 is 0 Å². The Labute approximate surface area is 172 Å². The number of rotatable bonds is 6. The Morgan fingerprint density at radius 2 is 2.00 bits per heavy atom. The maximum Gasteiger partial charge on any atom is 0.270 e. The molecule has 2 aromatic heterocycles. The van der Waals surface area contributed by atoms with E-state index in [4.69, 9.17) is 9.26 Å². The molecule has 7 heteroatoms. The van der Waals surface area contributed by atoms with Crippen LogP contribution in [0.4, 0.5) is 0 Å². The lowest BCUT2D eigenvalue weighted by atomic mass is 9.95. The number of benzene rings is 2. The fourth-order valence-electron chi connectivity index (χ4n) is 3.32. The Hall–Kier alpha value is -4.18. The molecule has 4 rings (SSSR count). The van der Waals surface area contributed by atoms with E-state index >= 15 is 0 Å². The van der Waals surface area contributed by atoms with Crippen molar-refractivity contribution >= 4 is 16.7 Å². The molecule has 148 valence electrons. The van der Waals surface area contributed by atoms with E-state index in [1.807, 2.05) is 36.4 Å². The number of nitrogens with one attached hydrogen (secondary N) is 1. The SMILES string of the molecule is COc1ccc2c(C(=O)NCCc3ccno3)nc(C#N)c(-c3ccccc3)c2c1. The van der Waals surface area contributed by atoms with Gasteiger partial charge in [-0.15, -0.1) is 0 Å². The van der Waals surface area contributed by atoms with Gasteiger partial charge in [0.25, 0.3) is 5.91 Å². The number of pyridine rings is 1. The molecule has 1 amide bonds. The molecule has 0 unspecified atom stereocenters. The van der Waals surface area contributed by atoms with E-state index in [1.54, 1.807) is 31.5 Å². The molecule has 0 bridgehead atoms. The van der Waals surface area contributed by atoms with Crippen LogP contribution in [-0.2, 0) is 6.42 Å². The molecule has 7 nitrogen and oxygen atoms in total. The smallest absolute Gasteiger partial charge is 0.270 e. The van der Waals surface area contributed by atoms with Gasteiger partial charge in [0, 0.05) is 30.0 Å². The van der Waals surface area contributed by atoms with Gasteiger partial charge in [0.15, 0.2) is 0 Å². The summed E-state index contributed by atoms with van der Waals surface area (Å²) in [6.07, 6.45) is 2.06. The minimum Gasteiger partial charge on any atom is -0.497 e. The van der Waals surface area contributed by atoms with Gasteiger partial charge in [-0.2, -0.15) is 5.26 Å². The molecular weight excluding hydrogens is 380 g/mol. The van der Waals surface area contributed by atoms with Crippen molar-refractivity contribution < 1.29 is 14.1 Å². The number of carbonyl (C=O) groups excluding carboxylic acids is 1. The van der Waals surface area contributed by atoms with Gasteiger partial charge in [0.05, 0.1) is 13.3 Å². The zero-order chi connectivity index (χ0) is 20.9. The minimum atomic E-state index is -0.360. The maximum absolute atomic E-state index is 12.9. The van der Waals surface area contributed by atoms with Gasteiger partial charge in [-0.3, -0.25) is 4.79 Å². The van der Waals surface area contributed by atoms with E-state index in [1.165, 1.54) is 0 Å². The van der Waals surface area contributed by atoms with Gasteiger partial charge in [-0.1, -0.05) is 35.5 Å². The van der Waals surface area contributed by atoms with E-state index in [9.17, 15) is 10.1 Å². The molecule has 0 saturated heterocycles. The summed E-state index contributed by atoms with van der Waals surface area (Å²) in [6.45, 7) is 0.357. The third kappa shape index (κ3) is 3.71. The topological polar surface area (TPSA) is 101 Å². The van der Waals surface area contributed by atoms with E-state index in [2.05, 4.69) is 21.5 Å². The number of nitrogens with zero attached hydrogens (tertiary/aromatic N) is 3. The first-order valence-electron chi connectivity index (χ1n) is 9.36. The first kappa shape index (κ1) is 19.2. The van der Waals surface area contributed by atoms with Crippen LogP contribution in [0.3, 0.4) is 0 Å². The Morgan fingerprint density at radius 1 is 1.17 bits per heavy atom. The maximum atomic E-state index is 12.9. The Balaban J connectivity index is 1.79. The quantitative estimate of drug-likeness (QED) is 0.531. The van der Waals surface area contributed by atoms with Crippen molar-refractivity contribution in [2.75, 3.05) is 13.7 Å². The van der Waals surface area contributed by atoms with Gasteiger partial charge in [0.2, 0.25) is 0 Å². The second kappa shape index (κ2) is 8.45. The Morgan fingerprint density at radius 3 is 2.70 bits per heavy atom. The van der Waals surface area contributed by atoms with Crippen LogP contribution in [0.1, 0.15) is 21.9 Å². The third-order valence-electron chi connectivity index (χ3n) is 4.74. The average molecular weight is 398 g/mol. The van der Waals surface area contributed by atoms with Crippen molar-refractivity contribution in [1.29, 1.82) is 5.26 Å². The number of methoxy groups -OCH3 is 1. The van der Waals surface area contributed by atoms with Crippen LogP contribution in [0, 0.1) is 11.3 Å². The number of hydrogen-bond donors (Lipinski definition) is 1. The molecule has 0 aliphatic heterocycles. The number of carbonyl (C=O) groups is 1. The summed E-state index contributed by atoms with van der Waals surface area (Å²) in [4.78, 5) is 17.3. The van der Waals surface area contributed by atoms with Crippen molar-refractivity contribution in [3.63, 3.8) is 0 Å². The molecule has 30 heavy (non-hydrogen) atoms.